The molecule has 3 aromatic heterocycles. The van der Waals surface area contributed by atoms with Crippen LogP contribution in [-0.4, -0.2) is 69.3 Å². The van der Waals surface area contributed by atoms with Crippen molar-refractivity contribution in [2.24, 2.45) is 11.8 Å². The maximum Gasteiger partial charge on any atom is 0.408 e. The van der Waals surface area contributed by atoms with Gasteiger partial charge in [-0.15, -0.1) is 0 Å². The van der Waals surface area contributed by atoms with Gasteiger partial charge in [-0.2, -0.15) is 8.78 Å². The summed E-state index contributed by atoms with van der Waals surface area (Å²) in [4.78, 5) is 65.3. The number of nitrogens with one attached hydrogen (secondary N) is 3. The second kappa shape index (κ2) is 20.6. The van der Waals surface area contributed by atoms with Crippen LogP contribution in [-0.2, 0) is 50.1 Å². The summed E-state index contributed by atoms with van der Waals surface area (Å²) < 4.78 is 48.4. The van der Waals surface area contributed by atoms with E-state index in [1.54, 1.807) is 113 Å². The number of alkyl halides is 2. The van der Waals surface area contributed by atoms with E-state index < -0.39 is 60.1 Å². The molecule has 0 aliphatic heterocycles. The van der Waals surface area contributed by atoms with Crippen LogP contribution in [0.15, 0.2) is 97.7 Å². The van der Waals surface area contributed by atoms with Gasteiger partial charge < -0.3 is 30.2 Å². The summed E-state index contributed by atoms with van der Waals surface area (Å²) in [6.07, 6.45) is 6.64. The highest BCUT2D eigenvalue weighted by atomic mass is 19.3. The van der Waals surface area contributed by atoms with E-state index in [-0.39, 0.29) is 32.3 Å². The molecule has 0 aliphatic rings. The van der Waals surface area contributed by atoms with Gasteiger partial charge in [0.25, 0.3) is 5.91 Å². The average Bonchev–Trinajstić information content (AvgIpc) is 3.18. The number of Topliss-reactive ketones (excluding diaryl/α,β-unsaturated/α-hetero) is 1. The molecule has 0 aliphatic carbocycles. The zero-order chi connectivity index (χ0) is 39.8. The van der Waals surface area contributed by atoms with Crippen LogP contribution in [0.1, 0.15) is 50.1 Å². The molecule has 4 rings (SSSR count). The van der Waals surface area contributed by atoms with Crippen molar-refractivity contribution >= 4 is 23.7 Å². The van der Waals surface area contributed by atoms with Gasteiger partial charge in [0.05, 0.1) is 31.0 Å². The first-order chi connectivity index (χ1) is 26.3. The van der Waals surface area contributed by atoms with Crippen molar-refractivity contribution in [3.8, 4) is 5.75 Å². The molecule has 13 nitrogen and oxygen atoms in total. The molecule has 0 spiro atoms. The van der Waals surface area contributed by atoms with Crippen molar-refractivity contribution < 1.29 is 42.2 Å². The number of hydrogen-bond donors (Lipinski definition) is 3. The van der Waals surface area contributed by atoms with E-state index in [1.807, 2.05) is 6.07 Å². The summed E-state index contributed by atoms with van der Waals surface area (Å²) in [5.41, 5.74) is 2.42. The van der Waals surface area contributed by atoms with Crippen LogP contribution in [0, 0.1) is 11.8 Å². The predicted octanol–water partition coefficient (Wildman–Crippen LogP) is 4.99. The van der Waals surface area contributed by atoms with Gasteiger partial charge in [0, 0.05) is 43.0 Å². The fraction of sp³-hybridized carbons (Fsp3) is 0.375. The van der Waals surface area contributed by atoms with Crippen molar-refractivity contribution in [2.45, 2.75) is 78.0 Å². The molecule has 4 aromatic rings. The number of rotatable bonds is 20. The number of hydrogen-bond acceptors (Lipinski definition) is 10. The Labute approximate surface area is 318 Å². The van der Waals surface area contributed by atoms with Crippen molar-refractivity contribution in [3.05, 3.63) is 120 Å². The van der Waals surface area contributed by atoms with E-state index in [0.717, 1.165) is 11.1 Å². The molecule has 0 saturated carbocycles. The molecule has 3 N–H and O–H groups in total. The van der Waals surface area contributed by atoms with Gasteiger partial charge in [-0.05, 0) is 59.4 Å². The molecular formula is C40H46F2N6O7. The first-order valence-electron chi connectivity index (χ1n) is 17.8. The lowest BCUT2D eigenvalue weighted by Gasteiger charge is -2.28. The highest BCUT2D eigenvalue weighted by Crippen LogP contribution is 2.22. The molecule has 0 fully saturated rings. The van der Waals surface area contributed by atoms with Crippen LogP contribution < -0.4 is 20.7 Å². The van der Waals surface area contributed by atoms with E-state index in [0.29, 0.717) is 17.0 Å². The van der Waals surface area contributed by atoms with E-state index in [1.165, 1.54) is 6.20 Å². The SMILES string of the molecule is CC(C)[C@H](COCc1cccnc1)NC(=O)C(F)(F)C(=O)C(Cc1ccc(OCc2cccnc2)cc1)NC(=O)[C@@H](NC(=O)OCc1ccccn1)C(C)C. The Morgan fingerprint density at radius 3 is 1.98 bits per heavy atom. The molecule has 292 valence electrons. The van der Waals surface area contributed by atoms with Crippen LogP contribution in [0.4, 0.5) is 13.6 Å². The van der Waals surface area contributed by atoms with Crippen LogP contribution in [0.25, 0.3) is 0 Å². The minimum atomic E-state index is -4.57. The fourth-order valence-corrected chi connectivity index (χ4v) is 5.18. The van der Waals surface area contributed by atoms with E-state index in [4.69, 9.17) is 14.2 Å². The maximum atomic E-state index is 15.9. The summed E-state index contributed by atoms with van der Waals surface area (Å²) in [6.45, 7) is 6.73. The Kier molecular flexibility index (Phi) is 15.7. The molecule has 1 unspecified atom stereocenters. The van der Waals surface area contributed by atoms with Crippen molar-refractivity contribution in [3.63, 3.8) is 0 Å². The van der Waals surface area contributed by atoms with Gasteiger partial charge in [-0.3, -0.25) is 29.3 Å². The highest BCUT2D eigenvalue weighted by molar-refractivity contribution is 6.10. The number of pyridine rings is 3. The third kappa shape index (κ3) is 13.2. The van der Waals surface area contributed by atoms with Gasteiger partial charge in [0.2, 0.25) is 11.7 Å². The molecule has 0 saturated heterocycles. The van der Waals surface area contributed by atoms with Crippen molar-refractivity contribution in [1.82, 2.24) is 30.9 Å². The monoisotopic (exact) mass is 760 g/mol. The largest absolute Gasteiger partial charge is 0.489 e. The van der Waals surface area contributed by atoms with Gasteiger partial charge >= 0.3 is 12.0 Å². The molecular weight excluding hydrogens is 714 g/mol. The van der Waals surface area contributed by atoms with Crippen LogP contribution in [0.5, 0.6) is 5.75 Å². The lowest BCUT2D eigenvalue weighted by atomic mass is 9.96. The molecule has 1 aromatic carbocycles. The molecule has 3 amide bonds. The number of alkyl carbamates (subject to hydrolysis) is 1. The van der Waals surface area contributed by atoms with E-state index in [9.17, 15) is 19.2 Å². The molecule has 0 radical (unpaired) electrons. The summed E-state index contributed by atoms with van der Waals surface area (Å²) in [5.74, 6) is -9.61. The third-order valence-electron chi connectivity index (χ3n) is 8.43. The molecule has 55 heavy (non-hydrogen) atoms. The number of nitrogens with zero attached hydrogens (tertiary/aromatic N) is 3. The van der Waals surface area contributed by atoms with Crippen LogP contribution in [0.2, 0.25) is 0 Å². The summed E-state index contributed by atoms with van der Waals surface area (Å²) in [5, 5.41) is 7.08. The number of halogens is 2. The molecule has 0 bridgehead atoms. The van der Waals surface area contributed by atoms with Gasteiger partial charge in [-0.25, -0.2) is 4.79 Å². The number of aromatic nitrogens is 3. The highest BCUT2D eigenvalue weighted by Gasteiger charge is 2.51. The Balaban J connectivity index is 1.49. The number of ketones is 1. The van der Waals surface area contributed by atoms with Gasteiger partial charge in [0.15, 0.2) is 0 Å². The third-order valence-corrected chi connectivity index (χ3v) is 8.43. The summed E-state index contributed by atoms with van der Waals surface area (Å²) >= 11 is 0. The Morgan fingerprint density at radius 2 is 1.40 bits per heavy atom. The first-order valence-corrected chi connectivity index (χ1v) is 17.8. The lowest BCUT2D eigenvalue weighted by Crippen LogP contribution is -2.60. The number of benzene rings is 1. The van der Waals surface area contributed by atoms with E-state index in [2.05, 4.69) is 30.9 Å². The van der Waals surface area contributed by atoms with Gasteiger partial charge in [0.1, 0.15) is 25.0 Å². The normalized spacial score (nSPS) is 13.0. The minimum absolute atomic E-state index is 0.115. The number of carbonyl (C=O) groups excluding carboxylic acids is 4. The number of amides is 3. The quantitative estimate of drug-likeness (QED) is 0.104. The maximum absolute atomic E-state index is 15.9. The number of ether oxygens (including phenoxy) is 3. The summed E-state index contributed by atoms with van der Waals surface area (Å²) in [6, 6.07) is 14.4. The average molecular weight is 761 g/mol. The first kappa shape index (κ1) is 41.9. The second-order valence-corrected chi connectivity index (χ2v) is 13.5. The molecule has 3 atom stereocenters. The van der Waals surface area contributed by atoms with Gasteiger partial charge in [-0.1, -0.05) is 58.0 Å². The number of carbonyl (C=O) groups is 4. The smallest absolute Gasteiger partial charge is 0.408 e. The zero-order valence-electron chi connectivity index (χ0n) is 31.1. The zero-order valence-corrected chi connectivity index (χ0v) is 31.1. The molecule has 15 heteroatoms. The lowest BCUT2D eigenvalue weighted by molar-refractivity contribution is -0.161. The predicted molar refractivity (Wildman–Crippen MR) is 197 cm³/mol. The van der Waals surface area contributed by atoms with Crippen molar-refractivity contribution in [2.75, 3.05) is 6.61 Å². The fourth-order valence-electron chi connectivity index (χ4n) is 5.18. The Hall–Kier alpha value is -5.83. The van der Waals surface area contributed by atoms with Crippen LogP contribution in [0.3, 0.4) is 0 Å². The Morgan fingerprint density at radius 1 is 0.727 bits per heavy atom. The van der Waals surface area contributed by atoms with E-state index >= 15 is 8.78 Å². The molecule has 3 heterocycles. The second-order valence-electron chi connectivity index (χ2n) is 13.5. The van der Waals surface area contributed by atoms with Crippen LogP contribution >= 0.6 is 0 Å². The summed E-state index contributed by atoms with van der Waals surface area (Å²) in [7, 11) is 0. The topological polar surface area (TPSA) is 171 Å². The standard InChI is InChI=1S/C40H46F2N6O7/c1-26(2)34(25-53-22-29-9-7-16-43-20-29)47-38(51)40(41,42)36(49)33(19-28-12-14-32(15-13-28)54-23-30-10-8-17-44-21-30)46-37(50)35(27(3)4)48-39(52)55-24-31-11-5-6-18-45-31/h5-18,20-21,26-27,33-35H,19,22-25H2,1-4H3,(H,46,50)(H,47,51)(H,48,52)/t33?,34-,35-/m0/s1. The van der Waals surface area contributed by atoms with Crippen molar-refractivity contribution in [1.29, 1.82) is 0 Å². The minimum Gasteiger partial charge on any atom is -0.489 e. The Bertz CT molecular complexity index is 1820.